The molecule has 0 radical (unpaired) electrons. The molecule has 1 N–H and O–H groups in total. The van der Waals surface area contributed by atoms with E-state index < -0.39 is 0 Å². The average Bonchev–Trinajstić information content (AvgIpc) is 3.30. The van der Waals surface area contributed by atoms with Crippen LogP contribution in [0.3, 0.4) is 0 Å². The summed E-state index contributed by atoms with van der Waals surface area (Å²) >= 11 is 0. The molecule has 9 nitrogen and oxygen atoms in total. The lowest BCUT2D eigenvalue weighted by atomic mass is 10.1. The molecule has 0 fully saturated rings. The van der Waals surface area contributed by atoms with Crippen molar-refractivity contribution in [3.05, 3.63) is 47.7 Å². The van der Waals surface area contributed by atoms with Crippen LogP contribution < -0.4 is 29.0 Å². The molecule has 1 amide bonds. The van der Waals surface area contributed by atoms with Gasteiger partial charge in [0.05, 0.1) is 27.9 Å². The number of amides is 1. The van der Waals surface area contributed by atoms with Gasteiger partial charge >= 0.3 is 0 Å². The molecular weight excluding hydrogens is 404 g/mol. The first-order chi connectivity index (χ1) is 15.1. The summed E-state index contributed by atoms with van der Waals surface area (Å²) in [5.41, 5.74) is 1.75. The summed E-state index contributed by atoms with van der Waals surface area (Å²) in [6.07, 6.45) is 0. The summed E-state index contributed by atoms with van der Waals surface area (Å²) in [6, 6.07) is 10.5. The molecule has 2 heterocycles. The van der Waals surface area contributed by atoms with Crippen molar-refractivity contribution in [3.63, 3.8) is 0 Å². The number of carbonyl (C=O) groups excluding carboxylic acids is 1. The third-order valence-electron chi connectivity index (χ3n) is 4.74. The molecule has 1 aromatic heterocycles. The maximum atomic E-state index is 12.6. The molecule has 1 aliphatic heterocycles. The Kier molecular flexibility index (Phi) is 5.83. The summed E-state index contributed by atoms with van der Waals surface area (Å²) < 4.78 is 32.4. The van der Waals surface area contributed by atoms with E-state index in [1.165, 1.54) is 21.3 Å². The zero-order valence-electron chi connectivity index (χ0n) is 17.4. The molecule has 0 atom stereocenters. The van der Waals surface area contributed by atoms with Crippen molar-refractivity contribution >= 4 is 5.91 Å². The number of benzene rings is 2. The van der Waals surface area contributed by atoms with Crippen LogP contribution >= 0.6 is 0 Å². The molecule has 162 valence electrons. The Morgan fingerprint density at radius 2 is 1.68 bits per heavy atom. The van der Waals surface area contributed by atoms with Gasteiger partial charge in [0.1, 0.15) is 18.9 Å². The van der Waals surface area contributed by atoms with Crippen molar-refractivity contribution in [2.24, 2.45) is 0 Å². The summed E-state index contributed by atoms with van der Waals surface area (Å²) in [5.74, 6) is 2.83. The average molecular weight is 426 g/mol. The molecule has 1 aliphatic rings. The highest BCUT2D eigenvalue weighted by Gasteiger charge is 2.18. The van der Waals surface area contributed by atoms with E-state index in [1.54, 1.807) is 18.2 Å². The first-order valence-electron chi connectivity index (χ1n) is 9.56. The van der Waals surface area contributed by atoms with E-state index in [1.807, 2.05) is 18.2 Å². The number of hydrogen-bond donors (Lipinski definition) is 1. The molecule has 2 aromatic carbocycles. The Labute approximate surface area is 178 Å². The largest absolute Gasteiger partial charge is 0.493 e. The van der Waals surface area contributed by atoms with Crippen LogP contribution in [0.1, 0.15) is 16.1 Å². The first kappa shape index (κ1) is 20.4. The van der Waals surface area contributed by atoms with Gasteiger partial charge in [-0.2, -0.15) is 0 Å². The standard InChI is InChI=1S/C22H22N2O7/c1-26-19-9-14(10-20(27-2)21(19)28-3)22(25)23-12-15-11-17(31-24-15)13-4-5-16-18(8-13)30-7-6-29-16/h4-5,8-11H,6-7,12H2,1-3H3,(H,23,25). The molecule has 0 saturated carbocycles. The smallest absolute Gasteiger partial charge is 0.251 e. The van der Waals surface area contributed by atoms with Crippen molar-refractivity contribution in [3.8, 4) is 40.1 Å². The zero-order valence-corrected chi connectivity index (χ0v) is 17.4. The lowest BCUT2D eigenvalue weighted by Gasteiger charge is -2.18. The fourth-order valence-electron chi connectivity index (χ4n) is 3.21. The van der Waals surface area contributed by atoms with Gasteiger partial charge in [0, 0.05) is 17.2 Å². The van der Waals surface area contributed by atoms with E-state index in [0.29, 0.717) is 59.0 Å². The zero-order chi connectivity index (χ0) is 21.8. The fourth-order valence-corrected chi connectivity index (χ4v) is 3.21. The quantitative estimate of drug-likeness (QED) is 0.615. The maximum Gasteiger partial charge on any atom is 0.251 e. The molecule has 31 heavy (non-hydrogen) atoms. The highest BCUT2D eigenvalue weighted by atomic mass is 16.6. The van der Waals surface area contributed by atoms with Crippen molar-refractivity contribution in [1.29, 1.82) is 0 Å². The van der Waals surface area contributed by atoms with Crippen LogP contribution in [0.15, 0.2) is 40.9 Å². The normalized spacial score (nSPS) is 12.2. The fraction of sp³-hybridized carbons (Fsp3) is 0.273. The number of aromatic nitrogens is 1. The third kappa shape index (κ3) is 4.20. The van der Waals surface area contributed by atoms with E-state index in [-0.39, 0.29) is 12.5 Å². The lowest BCUT2D eigenvalue weighted by Crippen LogP contribution is -2.23. The van der Waals surface area contributed by atoms with Crippen LogP contribution in [0.4, 0.5) is 0 Å². The van der Waals surface area contributed by atoms with E-state index in [4.69, 9.17) is 28.2 Å². The van der Waals surface area contributed by atoms with Gasteiger partial charge in [-0.1, -0.05) is 5.16 Å². The molecule has 0 bridgehead atoms. The van der Waals surface area contributed by atoms with Gasteiger partial charge in [-0.05, 0) is 30.3 Å². The Hall–Kier alpha value is -3.88. The topological polar surface area (TPSA) is 101 Å². The second-order valence-corrected chi connectivity index (χ2v) is 6.64. The first-order valence-corrected chi connectivity index (χ1v) is 9.56. The van der Waals surface area contributed by atoms with Gasteiger partial charge < -0.3 is 33.5 Å². The van der Waals surface area contributed by atoms with Gasteiger partial charge in [0.15, 0.2) is 28.8 Å². The number of rotatable bonds is 7. The monoisotopic (exact) mass is 426 g/mol. The minimum Gasteiger partial charge on any atom is -0.493 e. The molecule has 0 saturated heterocycles. The maximum absolute atomic E-state index is 12.6. The summed E-state index contributed by atoms with van der Waals surface area (Å²) in [4.78, 5) is 12.6. The van der Waals surface area contributed by atoms with Gasteiger partial charge in [0.2, 0.25) is 5.75 Å². The summed E-state index contributed by atoms with van der Waals surface area (Å²) in [7, 11) is 4.49. The lowest BCUT2D eigenvalue weighted by molar-refractivity contribution is 0.0949. The van der Waals surface area contributed by atoms with Gasteiger partial charge in [-0.25, -0.2) is 0 Å². The number of methoxy groups -OCH3 is 3. The number of hydrogen-bond acceptors (Lipinski definition) is 8. The molecule has 4 rings (SSSR count). The van der Waals surface area contributed by atoms with Crippen molar-refractivity contribution in [2.45, 2.75) is 6.54 Å². The minimum absolute atomic E-state index is 0.184. The van der Waals surface area contributed by atoms with Gasteiger partial charge in [-0.15, -0.1) is 0 Å². The number of ether oxygens (including phenoxy) is 5. The van der Waals surface area contributed by atoms with E-state index in [9.17, 15) is 4.79 Å². The van der Waals surface area contributed by atoms with Crippen LogP contribution in [0, 0.1) is 0 Å². The number of nitrogens with zero attached hydrogens (tertiary/aromatic N) is 1. The third-order valence-corrected chi connectivity index (χ3v) is 4.74. The Bertz CT molecular complexity index is 1070. The van der Waals surface area contributed by atoms with E-state index >= 15 is 0 Å². The Morgan fingerprint density at radius 1 is 0.968 bits per heavy atom. The number of nitrogens with one attached hydrogen (secondary N) is 1. The molecule has 0 spiro atoms. The van der Waals surface area contributed by atoms with Crippen LogP contribution in [-0.4, -0.2) is 45.6 Å². The molecular formula is C22H22N2O7. The SMILES string of the molecule is COc1cc(C(=O)NCc2cc(-c3ccc4c(c3)OCCO4)on2)cc(OC)c1OC. The molecule has 0 aliphatic carbocycles. The van der Waals surface area contributed by atoms with Crippen LogP contribution in [-0.2, 0) is 6.54 Å². The van der Waals surface area contributed by atoms with Crippen LogP contribution in [0.25, 0.3) is 11.3 Å². The molecule has 0 unspecified atom stereocenters. The molecule has 3 aromatic rings. The number of carbonyl (C=O) groups is 1. The summed E-state index contributed by atoms with van der Waals surface area (Å²) in [5, 5.41) is 6.85. The van der Waals surface area contributed by atoms with E-state index in [2.05, 4.69) is 10.5 Å². The van der Waals surface area contributed by atoms with Crippen molar-refractivity contribution < 1.29 is 33.0 Å². The minimum atomic E-state index is -0.317. The van der Waals surface area contributed by atoms with Crippen LogP contribution in [0.5, 0.6) is 28.7 Å². The van der Waals surface area contributed by atoms with E-state index in [0.717, 1.165) is 5.56 Å². The second-order valence-electron chi connectivity index (χ2n) is 6.64. The number of fused-ring (bicyclic) bond motifs is 1. The van der Waals surface area contributed by atoms with Gasteiger partial charge in [0.25, 0.3) is 5.91 Å². The Balaban J connectivity index is 1.46. The Morgan fingerprint density at radius 3 is 2.35 bits per heavy atom. The predicted octanol–water partition coefficient (Wildman–Crippen LogP) is 3.07. The van der Waals surface area contributed by atoms with Crippen LogP contribution in [0.2, 0.25) is 0 Å². The summed E-state index contributed by atoms with van der Waals surface area (Å²) in [6.45, 7) is 1.22. The predicted molar refractivity (Wildman–Crippen MR) is 110 cm³/mol. The van der Waals surface area contributed by atoms with Gasteiger partial charge in [-0.3, -0.25) is 4.79 Å². The van der Waals surface area contributed by atoms with Crippen molar-refractivity contribution in [2.75, 3.05) is 34.5 Å². The second kappa shape index (κ2) is 8.86. The molecule has 9 heteroatoms. The highest BCUT2D eigenvalue weighted by molar-refractivity contribution is 5.95. The van der Waals surface area contributed by atoms with Crippen molar-refractivity contribution in [1.82, 2.24) is 10.5 Å². The highest BCUT2D eigenvalue weighted by Crippen LogP contribution is 2.38.